The van der Waals surface area contributed by atoms with Crippen molar-refractivity contribution in [3.8, 4) is 23.0 Å². The van der Waals surface area contributed by atoms with Crippen LogP contribution in [0.4, 0.5) is 0 Å². The average Bonchev–Trinajstić information content (AvgIpc) is 2.83. The highest BCUT2D eigenvalue weighted by atomic mass is 35.5. The maximum absolute atomic E-state index is 12.8. The van der Waals surface area contributed by atoms with Crippen LogP contribution >= 0.6 is 11.6 Å². The Morgan fingerprint density at radius 3 is 2.21 bits per heavy atom. The fourth-order valence-corrected chi connectivity index (χ4v) is 3.38. The minimum absolute atomic E-state index is 0.198. The lowest BCUT2D eigenvalue weighted by atomic mass is 10.1. The molecule has 9 heteroatoms. The molecule has 1 N–H and O–H groups in total. The number of para-hydroxylation sites is 1. The Morgan fingerprint density at radius 2 is 1.59 bits per heavy atom. The van der Waals surface area contributed by atoms with Crippen molar-refractivity contribution < 1.29 is 28.5 Å². The van der Waals surface area contributed by atoms with Gasteiger partial charge in [0.25, 0.3) is 5.91 Å². The van der Waals surface area contributed by atoms with Gasteiger partial charge in [-0.3, -0.25) is 4.79 Å². The Bertz CT molecular complexity index is 1220. The van der Waals surface area contributed by atoms with Gasteiger partial charge in [0.15, 0.2) is 11.5 Å². The van der Waals surface area contributed by atoms with Crippen LogP contribution in [0.3, 0.4) is 0 Å². The summed E-state index contributed by atoms with van der Waals surface area (Å²) in [7, 11) is 4.38. The number of halogens is 1. The Balaban J connectivity index is 1.78. The van der Waals surface area contributed by atoms with Crippen LogP contribution in [0.1, 0.15) is 31.8 Å². The zero-order valence-electron chi connectivity index (χ0n) is 19.0. The normalized spacial score (nSPS) is 10.6. The molecule has 3 rings (SSSR count). The molecule has 0 radical (unpaired) electrons. The predicted octanol–water partition coefficient (Wildman–Crippen LogP) is 4.66. The highest BCUT2D eigenvalue weighted by Crippen LogP contribution is 2.38. The number of nitrogens with one attached hydrogen (secondary N) is 1. The number of hydrogen-bond acceptors (Lipinski definition) is 7. The van der Waals surface area contributed by atoms with Crippen molar-refractivity contribution in [2.75, 3.05) is 21.3 Å². The van der Waals surface area contributed by atoms with Crippen molar-refractivity contribution in [1.82, 2.24) is 5.43 Å². The van der Waals surface area contributed by atoms with Crippen LogP contribution in [0.15, 0.2) is 59.7 Å². The van der Waals surface area contributed by atoms with E-state index in [1.165, 1.54) is 39.7 Å². The largest absolute Gasteiger partial charge is 0.493 e. The summed E-state index contributed by atoms with van der Waals surface area (Å²) < 4.78 is 21.4. The summed E-state index contributed by atoms with van der Waals surface area (Å²) in [5.74, 6) is 0.136. The van der Waals surface area contributed by atoms with Gasteiger partial charge in [0.05, 0.1) is 43.7 Å². The summed E-state index contributed by atoms with van der Waals surface area (Å²) in [4.78, 5) is 25.2. The minimum Gasteiger partial charge on any atom is -0.493 e. The molecule has 0 heterocycles. The molecule has 0 bridgehead atoms. The van der Waals surface area contributed by atoms with Gasteiger partial charge in [0.1, 0.15) is 5.75 Å². The maximum Gasteiger partial charge on any atom is 0.343 e. The van der Waals surface area contributed by atoms with Crippen LogP contribution in [0.2, 0.25) is 5.02 Å². The number of methoxy groups -OCH3 is 3. The quantitative estimate of drug-likeness (QED) is 0.217. The number of aryl methyl sites for hydroxylation is 1. The molecule has 1 amide bonds. The van der Waals surface area contributed by atoms with Crippen LogP contribution < -0.4 is 24.4 Å². The first-order valence-corrected chi connectivity index (χ1v) is 10.5. The predicted molar refractivity (Wildman–Crippen MR) is 129 cm³/mol. The smallest absolute Gasteiger partial charge is 0.343 e. The Morgan fingerprint density at radius 1 is 0.912 bits per heavy atom. The third-order valence-electron chi connectivity index (χ3n) is 4.76. The number of ether oxygens (including phenoxy) is 4. The molecule has 3 aromatic rings. The Kier molecular flexibility index (Phi) is 8.10. The Labute approximate surface area is 202 Å². The number of carbonyl (C=O) groups excluding carboxylic acids is 2. The van der Waals surface area contributed by atoms with E-state index in [1.54, 1.807) is 42.5 Å². The molecule has 3 aromatic carbocycles. The van der Waals surface area contributed by atoms with E-state index in [2.05, 4.69) is 10.5 Å². The standard InChI is InChI=1S/C25H23ClN2O6/c1-15-9-10-18(19(26)11-15)24(29)28-27-14-16-7-5-6-8-20(16)34-25(30)17-12-21(31-2)23(33-4)22(13-17)32-3/h5-14H,1-4H3,(H,28,29)/b27-14+. The van der Waals surface area contributed by atoms with Crippen LogP contribution in [0, 0.1) is 6.92 Å². The molecule has 0 aliphatic carbocycles. The summed E-state index contributed by atoms with van der Waals surface area (Å²) in [5, 5.41) is 4.29. The third-order valence-corrected chi connectivity index (χ3v) is 5.07. The van der Waals surface area contributed by atoms with Crippen molar-refractivity contribution in [2.45, 2.75) is 6.92 Å². The van der Waals surface area contributed by atoms with Gasteiger partial charge in [0, 0.05) is 5.56 Å². The van der Waals surface area contributed by atoms with E-state index in [1.807, 2.05) is 6.92 Å². The summed E-state index contributed by atoms with van der Waals surface area (Å²) in [6.07, 6.45) is 1.37. The third kappa shape index (κ3) is 5.65. The van der Waals surface area contributed by atoms with E-state index < -0.39 is 11.9 Å². The number of hydrogen-bond donors (Lipinski definition) is 1. The molecule has 8 nitrogen and oxygen atoms in total. The minimum atomic E-state index is -0.643. The first-order chi connectivity index (χ1) is 16.4. The van der Waals surface area contributed by atoms with E-state index in [0.29, 0.717) is 33.4 Å². The summed E-state index contributed by atoms with van der Waals surface area (Å²) >= 11 is 6.13. The molecule has 0 spiro atoms. The first-order valence-electron chi connectivity index (χ1n) is 10.1. The molecule has 0 aliphatic rings. The van der Waals surface area contributed by atoms with Gasteiger partial charge in [0.2, 0.25) is 5.75 Å². The summed E-state index contributed by atoms with van der Waals surface area (Å²) in [6, 6.07) is 14.8. The van der Waals surface area contributed by atoms with E-state index >= 15 is 0 Å². The second-order valence-electron chi connectivity index (χ2n) is 7.02. The summed E-state index contributed by atoms with van der Waals surface area (Å²) in [6.45, 7) is 1.88. The van der Waals surface area contributed by atoms with E-state index in [0.717, 1.165) is 5.56 Å². The van der Waals surface area contributed by atoms with Crippen LogP contribution in [-0.4, -0.2) is 39.4 Å². The van der Waals surface area contributed by atoms with E-state index in [9.17, 15) is 9.59 Å². The van der Waals surface area contributed by atoms with Gasteiger partial charge < -0.3 is 18.9 Å². The van der Waals surface area contributed by atoms with Crippen molar-refractivity contribution in [1.29, 1.82) is 0 Å². The average molecular weight is 483 g/mol. The number of esters is 1. The van der Waals surface area contributed by atoms with Crippen molar-refractivity contribution in [3.05, 3.63) is 81.9 Å². The Hall–Kier alpha value is -4.04. The molecule has 0 saturated carbocycles. The zero-order chi connectivity index (χ0) is 24.7. The van der Waals surface area contributed by atoms with Crippen molar-refractivity contribution >= 4 is 29.7 Å². The van der Waals surface area contributed by atoms with Crippen molar-refractivity contribution in [2.24, 2.45) is 5.10 Å². The highest BCUT2D eigenvalue weighted by molar-refractivity contribution is 6.33. The van der Waals surface area contributed by atoms with E-state index in [4.69, 9.17) is 30.5 Å². The molecule has 0 unspecified atom stereocenters. The summed E-state index contributed by atoms with van der Waals surface area (Å²) in [5.41, 5.74) is 4.33. The number of rotatable bonds is 8. The molecule has 0 aliphatic heterocycles. The van der Waals surface area contributed by atoms with E-state index in [-0.39, 0.29) is 11.3 Å². The molecular weight excluding hydrogens is 460 g/mol. The van der Waals surface area contributed by atoms with Crippen LogP contribution in [-0.2, 0) is 0 Å². The number of carbonyl (C=O) groups is 2. The highest BCUT2D eigenvalue weighted by Gasteiger charge is 2.19. The van der Waals surface area contributed by atoms with Gasteiger partial charge in [-0.1, -0.05) is 29.8 Å². The number of benzene rings is 3. The zero-order valence-corrected chi connectivity index (χ0v) is 19.8. The number of hydrazone groups is 1. The molecule has 176 valence electrons. The molecule has 34 heavy (non-hydrogen) atoms. The molecular formula is C25H23ClN2O6. The molecule has 0 aromatic heterocycles. The number of nitrogens with zero attached hydrogens (tertiary/aromatic N) is 1. The lowest BCUT2D eigenvalue weighted by Gasteiger charge is -2.14. The fraction of sp³-hybridized carbons (Fsp3) is 0.160. The van der Waals surface area contributed by atoms with Gasteiger partial charge >= 0.3 is 5.97 Å². The monoisotopic (exact) mass is 482 g/mol. The maximum atomic E-state index is 12.8. The number of amides is 1. The molecule has 0 saturated heterocycles. The first kappa shape index (κ1) is 24.6. The topological polar surface area (TPSA) is 95.5 Å². The molecule has 0 fully saturated rings. The van der Waals surface area contributed by atoms with Crippen LogP contribution in [0.25, 0.3) is 0 Å². The van der Waals surface area contributed by atoms with Gasteiger partial charge in [-0.25, -0.2) is 10.2 Å². The van der Waals surface area contributed by atoms with Gasteiger partial charge in [-0.2, -0.15) is 5.10 Å². The lowest BCUT2D eigenvalue weighted by Crippen LogP contribution is -2.18. The fourth-order valence-electron chi connectivity index (χ4n) is 3.06. The molecule has 0 atom stereocenters. The van der Waals surface area contributed by atoms with Crippen molar-refractivity contribution in [3.63, 3.8) is 0 Å². The van der Waals surface area contributed by atoms with Gasteiger partial charge in [-0.15, -0.1) is 0 Å². The lowest BCUT2D eigenvalue weighted by molar-refractivity contribution is 0.0733. The second-order valence-corrected chi connectivity index (χ2v) is 7.43. The SMILES string of the molecule is COc1cc(C(=O)Oc2ccccc2/C=N/NC(=O)c2ccc(C)cc2Cl)cc(OC)c1OC. The van der Waals surface area contributed by atoms with Crippen LogP contribution in [0.5, 0.6) is 23.0 Å². The second kappa shape index (κ2) is 11.2. The van der Waals surface area contributed by atoms with Gasteiger partial charge in [-0.05, 0) is 48.9 Å².